The van der Waals surface area contributed by atoms with E-state index in [1.54, 1.807) is 18.3 Å². The number of thiophene rings is 1. The number of rotatable bonds is 2. The molecule has 0 unspecified atom stereocenters. The summed E-state index contributed by atoms with van der Waals surface area (Å²) in [6, 6.07) is 4.06. The van der Waals surface area contributed by atoms with E-state index in [2.05, 4.69) is 6.07 Å². The summed E-state index contributed by atoms with van der Waals surface area (Å²) < 4.78 is 5.43. The fourth-order valence-electron chi connectivity index (χ4n) is 1.82. The average Bonchev–Trinajstić information content (AvgIpc) is 2.70. The smallest absolute Gasteiger partial charge is 0.159 e. The Kier molecular flexibility index (Phi) is 2.42. The number of Topliss-reactive ketones (excluding diaryl/α,β-unsaturated/α-hetero) is 1. The van der Waals surface area contributed by atoms with E-state index < -0.39 is 0 Å². The van der Waals surface area contributed by atoms with Gasteiger partial charge in [-0.15, -0.1) is 11.3 Å². The molecule has 0 aliphatic carbocycles. The Morgan fingerprint density at radius 1 is 1.64 bits per heavy atom. The van der Waals surface area contributed by atoms with Crippen molar-refractivity contribution < 1.29 is 9.53 Å². The number of hydrogen-bond acceptors (Lipinski definition) is 3. The fourth-order valence-corrected chi connectivity index (χ4v) is 2.64. The highest BCUT2D eigenvalue weighted by atomic mass is 32.1. The summed E-state index contributed by atoms with van der Waals surface area (Å²) >= 11 is 1.68. The molecule has 0 N–H and O–H groups in total. The third-order valence-corrected chi connectivity index (χ3v) is 3.45. The van der Waals surface area contributed by atoms with Crippen molar-refractivity contribution in [2.24, 2.45) is 0 Å². The van der Waals surface area contributed by atoms with Gasteiger partial charge in [-0.2, -0.15) is 0 Å². The van der Waals surface area contributed by atoms with Crippen molar-refractivity contribution in [3.05, 3.63) is 33.7 Å². The number of carbonyl (C=O) groups excluding carboxylic acids is 1. The van der Waals surface area contributed by atoms with Crippen molar-refractivity contribution in [3.8, 4) is 0 Å². The highest BCUT2D eigenvalue weighted by Gasteiger charge is 2.29. The number of carbonyl (C=O) groups is 1. The molecule has 0 radical (unpaired) electrons. The molecule has 1 aromatic rings. The quantitative estimate of drug-likeness (QED) is 0.747. The zero-order valence-corrected chi connectivity index (χ0v) is 9.06. The summed E-state index contributed by atoms with van der Waals surface area (Å²) in [6.07, 6.45) is 0. The molecule has 0 saturated heterocycles. The van der Waals surface area contributed by atoms with E-state index >= 15 is 0 Å². The maximum absolute atomic E-state index is 11.4. The second kappa shape index (κ2) is 3.58. The minimum absolute atomic E-state index is 0.124. The van der Waals surface area contributed by atoms with Crippen molar-refractivity contribution in [1.29, 1.82) is 0 Å². The third-order valence-electron chi connectivity index (χ3n) is 2.46. The normalized spacial score (nSPS) is 21.1. The summed E-state index contributed by atoms with van der Waals surface area (Å²) in [7, 11) is 0. The lowest BCUT2D eigenvalue weighted by Gasteiger charge is -2.07. The van der Waals surface area contributed by atoms with Crippen molar-refractivity contribution >= 4 is 17.1 Å². The molecule has 2 nitrogen and oxygen atoms in total. The fraction of sp³-hybridized carbons (Fsp3) is 0.364. The van der Waals surface area contributed by atoms with Gasteiger partial charge in [-0.1, -0.05) is 6.07 Å². The first-order chi connectivity index (χ1) is 6.70. The maximum Gasteiger partial charge on any atom is 0.159 e. The molecule has 3 heteroatoms. The summed E-state index contributed by atoms with van der Waals surface area (Å²) in [6.45, 7) is 4.08. The lowest BCUT2D eigenvalue weighted by atomic mass is 9.96. The van der Waals surface area contributed by atoms with E-state index in [4.69, 9.17) is 4.74 Å². The van der Waals surface area contributed by atoms with Crippen LogP contribution in [0.1, 0.15) is 24.6 Å². The lowest BCUT2D eigenvalue weighted by Crippen LogP contribution is -2.06. The molecular formula is C11H12O2S. The Hall–Kier alpha value is -1.09. The van der Waals surface area contributed by atoms with Gasteiger partial charge in [0.1, 0.15) is 5.76 Å². The molecule has 0 aromatic carbocycles. The van der Waals surface area contributed by atoms with Crippen LogP contribution in [0.2, 0.25) is 0 Å². The van der Waals surface area contributed by atoms with Crippen molar-refractivity contribution in [2.45, 2.75) is 19.8 Å². The third kappa shape index (κ3) is 1.48. The number of hydrogen-bond donors (Lipinski definition) is 0. The Labute approximate surface area is 87.2 Å². The predicted molar refractivity (Wildman–Crippen MR) is 56.4 cm³/mol. The van der Waals surface area contributed by atoms with Crippen LogP contribution in [0.4, 0.5) is 0 Å². The number of ether oxygens (including phenoxy) is 1. The molecule has 14 heavy (non-hydrogen) atoms. The Morgan fingerprint density at radius 3 is 3.00 bits per heavy atom. The zero-order chi connectivity index (χ0) is 10.1. The van der Waals surface area contributed by atoms with Gasteiger partial charge in [0, 0.05) is 10.5 Å². The molecule has 0 spiro atoms. The average molecular weight is 208 g/mol. The van der Waals surface area contributed by atoms with Gasteiger partial charge in [0.05, 0.1) is 12.5 Å². The van der Waals surface area contributed by atoms with Gasteiger partial charge in [0.15, 0.2) is 5.78 Å². The Bertz CT molecular complexity index is 376. The molecule has 74 valence electrons. The van der Waals surface area contributed by atoms with Gasteiger partial charge >= 0.3 is 0 Å². The monoisotopic (exact) mass is 208 g/mol. The number of allylic oxidation sites excluding steroid dienone is 1. The molecule has 0 fully saturated rings. The van der Waals surface area contributed by atoms with Crippen LogP contribution in [0.5, 0.6) is 0 Å². The van der Waals surface area contributed by atoms with Crippen LogP contribution in [0, 0.1) is 0 Å². The lowest BCUT2D eigenvalue weighted by molar-refractivity contribution is -0.113. The second-order valence-corrected chi connectivity index (χ2v) is 4.38. The molecule has 0 bridgehead atoms. The van der Waals surface area contributed by atoms with Crippen molar-refractivity contribution in [1.82, 2.24) is 0 Å². The molecule has 1 aliphatic rings. The van der Waals surface area contributed by atoms with E-state index in [9.17, 15) is 4.79 Å². The molecule has 2 rings (SSSR count). The van der Waals surface area contributed by atoms with Crippen LogP contribution < -0.4 is 0 Å². The summed E-state index contributed by atoms with van der Waals surface area (Å²) in [5, 5.41) is 2.03. The molecule has 0 amide bonds. The minimum atomic E-state index is 0.124. The predicted octanol–water partition coefficient (Wildman–Crippen LogP) is 2.72. The van der Waals surface area contributed by atoms with Gasteiger partial charge in [-0.05, 0) is 25.3 Å². The maximum atomic E-state index is 11.4. The van der Waals surface area contributed by atoms with Crippen LogP contribution in [0.15, 0.2) is 28.8 Å². The topological polar surface area (TPSA) is 26.3 Å². The number of ketones is 1. The van der Waals surface area contributed by atoms with Crippen LogP contribution in [-0.4, -0.2) is 12.4 Å². The minimum Gasteiger partial charge on any atom is -0.497 e. The largest absolute Gasteiger partial charge is 0.497 e. The standard InChI is InChI=1S/C11H12O2S/c1-7(12)11-8(2)13-6-9(11)10-4-3-5-14-10/h3-5,9H,6H2,1-2H3/t9-/m0/s1. The highest BCUT2D eigenvalue weighted by Crippen LogP contribution is 2.36. The first kappa shape index (κ1) is 9.46. The van der Waals surface area contributed by atoms with Gasteiger partial charge in [0.2, 0.25) is 0 Å². The van der Waals surface area contributed by atoms with Crippen LogP contribution in [0.3, 0.4) is 0 Å². The van der Waals surface area contributed by atoms with E-state index in [1.165, 1.54) is 4.88 Å². The SMILES string of the molecule is CC(=O)C1=C(C)OC[C@H]1c1cccs1. The van der Waals surface area contributed by atoms with Gasteiger partial charge < -0.3 is 4.74 Å². The highest BCUT2D eigenvalue weighted by molar-refractivity contribution is 7.10. The van der Waals surface area contributed by atoms with Gasteiger partial charge in [0.25, 0.3) is 0 Å². The van der Waals surface area contributed by atoms with Crippen LogP contribution in [-0.2, 0) is 9.53 Å². The molecular weight excluding hydrogens is 196 g/mol. The van der Waals surface area contributed by atoms with Crippen molar-refractivity contribution in [2.75, 3.05) is 6.61 Å². The van der Waals surface area contributed by atoms with E-state index in [0.29, 0.717) is 6.61 Å². The van der Waals surface area contributed by atoms with E-state index in [1.807, 2.05) is 18.4 Å². The Morgan fingerprint density at radius 2 is 2.43 bits per heavy atom. The van der Waals surface area contributed by atoms with Crippen LogP contribution in [0.25, 0.3) is 0 Å². The summed E-state index contributed by atoms with van der Waals surface area (Å²) in [5.41, 5.74) is 0.840. The first-order valence-electron chi connectivity index (χ1n) is 4.58. The van der Waals surface area contributed by atoms with E-state index in [0.717, 1.165) is 11.3 Å². The molecule has 1 aliphatic heterocycles. The molecule has 2 heterocycles. The molecule has 0 saturated carbocycles. The van der Waals surface area contributed by atoms with Gasteiger partial charge in [-0.3, -0.25) is 4.79 Å². The molecule has 1 atom stereocenters. The second-order valence-electron chi connectivity index (χ2n) is 3.41. The van der Waals surface area contributed by atoms with Crippen LogP contribution >= 0.6 is 11.3 Å². The zero-order valence-electron chi connectivity index (χ0n) is 8.24. The van der Waals surface area contributed by atoms with Crippen molar-refractivity contribution in [3.63, 3.8) is 0 Å². The summed E-state index contributed by atoms with van der Waals surface area (Å²) in [5.74, 6) is 1.07. The van der Waals surface area contributed by atoms with E-state index in [-0.39, 0.29) is 11.7 Å². The van der Waals surface area contributed by atoms with Gasteiger partial charge in [-0.25, -0.2) is 0 Å². The summed E-state index contributed by atoms with van der Waals surface area (Å²) in [4.78, 5) is 12.6. The molecule has 1 aromatic heterocycles. The Balaban J connectivity index is 2.36. The first-order valence-corrected chi connectivity index (χ1v) is 5.46.